The molecule has 0 spiro atoms. The normalized spacial score (nSPS) is 19.9. The van der Waals surface area contributed by atoms with Crippen LogP contribution < -0.4 is 5.73 Å². The fraction of sp³-hybridized carbons (Fsp3) is 0.545. The average Bonchev–Trinajstić information content (AvgIpc) is 2.87. The first-order chi connectivity index (χ1) is 6.97. The standard InChI is InChI=1S/C11H15NO3/c1-6-5-8(7(2)15-6)11(3-4-11)9(12)10(13)14/h5,9H,3-4,12H2,1-2H3,(H,13,14). The number of carbonyl (C=O) groups is 1. The van der Waals surface area contributed by atoms with E-state index >= 15 is 0 Å². The summed E-state index contributed by atoms with van der Waals surface area (Å²) in [7, 11) is 0. The van der Waals surface area contributed by atoms with Gasteiger partial charge in [-0.2, -0.15) is 0 Å². The maximum absolute atomic E-state index is 10.9. The van der Waals surface area contributed by atoms with Crippen LogP contribution in [-0.2, 0) is 10.2 Å². The number of furan rings is 1. The Kier molecular flexibility index (Phi) is 2.12. The van der Waals surface area contributed by atoms with Crippen LogP contribution >= 0.6 is 0 Å². The smallest absolute Gasteiger partial charge is 0.321 e. The summed E-state index contributed by atoms with van der Waals surface area (Å²) in [4.78, 5) is 10.9. The average molecular weight is 209 g/mol. The highest BCUT2D eigenvalue weighted by Crippen LogP contribution is 2.52. The molecule has 1 fully saturated rings. The van der Waals surface area contributed by atoms with Crippen LogP contribution in [0.3, 0.4) is 0 Å². The van der Waals surface area contributed by atoms with Gasteiger partial charge in [0.1, 0.15) is 17.6 Å². The molecule has 4 heteroatoms. The molecule has 1 aromatic rings. The number of carboxylic acids is 1. The molecule has 1 aromatic heterocycles. The van der Waals surface area contributed by atoms with Crippen molar-refractivity contribution in [1.29, 1.82) is 0 Å². The van der Waals surface area contributed by atoms with Gasteiger partial charge < -0.3 is 15.3 Å². The van der Waals surface area contributed by atoms with E-state index in [9.17, 15) is 4.79 Å². The predicted molar refractivity (Wildman–Crippen MR) is 54.7 cm³/mol. The third-order valence-corrected chi connectivity index (χ3v) is 3.23. The van der Waals surface area contributed by atoms with Crippen LogP contribution in [0.2, 0.25) is 0 Å². The lowest BCUT2D eigenvalue weighted by atomic mass is 9.88. The van der Waals surface area contributed by atoms with Gasteiger partial charge in [-0.05, 0) is 32.8 Å². The molecule has 1 aliphatic carbocycles. The van der Waals surface area contributed by atoms with Crippen molar-refractivity contribution in [3.8, 4) is 0 Å². The maximum Gasteiger partial charge on any atom is 0.321 e. The minimum Gasteiger partial charge on any atom is -0.480 e. The Morgan fingerprint density at radius 3 is 2.53 bits per heavy atom. The predicted octanol–water partition coefficient (Wildman–Crippen LogP) is 1.34. The minimum absolute atomic E-state index is 0.381. The van der Waals surface area contributed by atoms with Crippen molar-refractivity contribution in [2.75, 3.05) is 0 Å². The molecule has 1 unspecified atom stereocenters. The van der Waals surface area contributed by atoms with Gasteiger partial charge >= 0.3 is 5.97 Å². The highest BCUT2D eigenvalue weighted by atomic mass is 16.4. The van der Waals surface area contributed by atoms with Crippen LogP contribution in [0.5, 0.6) is 0 Å². The number of hydrogen-bond donors (Lipinski definition) is 2. The van der Waals surface area contributed by atoms with E-state index in [-0.39, 0.29) is 5.41 Å². The molecular formula is C11H15NO3. The van der Waals surface area contributed by atoms with Gasteiger partial charge in [0, 0.05) is 11.0 Å². The number of nitrogens with two attached hydrogens (primary N) is 1. The fourth-order valence-corrected chi connectivity index (χ4v) is 2.24. The largest absolute Gasteiger partial charge is 0.480 e. The van der Waals surface area contributed by atoms with E-state index in [1.807, 2.05) is 19.9 Å². The summed E-state index contributed by atoms with van der Waals surface area (Å²) < 4.78 is 5.42. The lowest BCUT2D eigenvalue weighted by Gasteiger charge is -2.18. The summed E-state index contributed by atoms with van der Waals surface area (Å²) in [5, 5.41) is 8.96. The Morgan fingerprint density at radius 2 is 2.20 bits per heavy atom. The summed E-state index contributed by atoms with van der Waals surface area (Å²) in [6, 6.07) is 1.08. The molecule has 0 radical (unpaired) electrons. The monoisotopic (exact) mass is 209 g/mol. The van der Waals surface area contributed by atoms with Crippen LogP contribution in [0.4, 0.5) is 0 Å². The summed E-state index contributed by atoms with van der Waals surface area (Å²) >= 11 is 0. The van der Waals surface area contributed by atoms with E-state index < -0.39 is 12.0 Å². The SMILES string of the molecule is Cc1cc(C2(C(N)C(=O)O)CC2)c(C)o1. The zero-order valence-corrected chi connectivity index (χ0v) is 8.91. The summed E-state index contributed by atoms with van der Waals surface area (Å²) in [5.74, 6) is 0.666. The third kappa shape index (κ3) is 1.45. The van der Waals surface area contributed by atoms with Gasteiger partial charge in [-0.25, -0.2) is 0 Å². The molecule has 0 aromatic carbocycles. The molecule has 1 atom stereocenters. The van der Waals surface area contributed by atoms with Gasteiger partial charge in [0.15, 0.2) is 0 Å². The van der Waals surface area contributed by atoms with Gasteiger partial charge in [0.25, 0.3) is 0 Å². The minimum atomic E-state index is -0.939. The molecule has 1 aliphatic rings. The fourth-order valence-electron chi connectivity index (χ4n) is 2.24. The van der Waals surface area contributed by atoms with Gasteiger partial charge in [-0.3, -0.25) is 4.79 Å². The van der Waals surface area contributed by atoms with E-state index in [0.29, 0.717) is 0 Å². The quantitative estimate of drug-likeness (QED) is 0.787. The summed E-state index contributed by atoms with van der Waals surface area (Å²) in [6.07, 6.45) is 1.67. The van der Waals surface area contributed by atoms with Gasteiger partial charge in [-0.15, -0.1) is 0 Å². The van der Waals surface area contributed by atoms with E-state index in [1.54, 1.807) is 0 Å². The molecule has 15 heavy (non-hydrogen) atoms. The molecule has 2 rings (SSSR count). The van der Waals surface area contributed by atoms with Crippen molar-refractivity contribution in [2.45, 2.75) is 38.1 Å². The highest BCUT2D eigenvalue weighted by Gasteiger charge is 2.53. The maximum atomic E-state index is 10.9. The number of carboxylic acid groups (broad SMARTS) is 1. The van der Waals surface area contributed by atoms with Crippen molar-refractivity contribution in [1.82, 2.24) is 0 Å². The first-order valence-corrected chi connectivity index (χ1v) is 5.03. The number of hydrogen-bond acceptors (Lipinski definition) is 3. The van der Waals surface area contributed by atoms with Crippen molar-refractivity contribution in [2.24, 2.45) is 5.73 Å². The Morgan fingerprint density at radius 1 is 1.60 bits per heavy atom. The van der Waals surface area contributed by atoms with E-state index in [2.05, 4.69) is 0 Å². The molecule has 3 N–H and O–H groups in total. The highest BCUT2D eigenvalue weighted by molar-refractivity contribution is 5.77. The van der Waals surface area contributed by atoms with Gasteiger partial charge in [-0.1, -0.05) is 0 Å². The van der Waals surface area contributed by atoms with Crippen LogP contribution in [-0.4, -0.2) is 17.1 Å². The van der Waals surface area contributed by atoms with Crippen molar-refractivity contribution in [3.63, 3.8) is 0 Å². The Balaban J connectivity index is 2.38. The number of aliphatic carboxylic acids is 1. The van der Waals surface area contributed by atoms with E-state index in [4.69, 9.17) is 15.3 Å². The molecule has 0 amide bonds. The zero-order chi connectivity index (χ0) is 11.2. The summed E-state index contributed by atoms with van der Waals surface area (Å²) in [6.45, 7) is 3.72. The second-order valence-corrected chi connectivity index (χ2v) is 4.30. The molecule has 0 aliphatic heterocycles. The van der Waals surface area contributed by atoms with Gasteiger partial charge in [0.05, 0.1) is 0 Å². The third-order valence-electron chi connectivity index (χ3n) is 3.23. The second-order valence-electron chi connectivity index (χ2n) is 4.30. The summed E-state index contributed by atoms with van der Waals surface area (Å²) in [5.41, 5.74) is 6.31. The van der Waals surface area contributed by atoms with E-state index in [0.717, 1.165) is 29.9 Å². The van der Waals surface area contributed by atoms with Gasteiger partial charge in [0.2, 0.25) is 0 Å². The van der Waals surface area contributed by atoms with Crippen LogP contribution in [0, 0.1) is 13.8 Å². The molecule has 0 bridgehead atoms. The molecule has 0 saturated heterocycles. The van der Waals surface area contributed by atoms with Crippen LogP contribution in [0.15, 0.2) is 10.5 Å². The molecule has 82 valence electrons. The zero-order valence-electron chi connectivity index (χ0n) is 8.91. The Labute approximate surface area is 88.1 Å². The lowest BCUT2D eigenvalue weighted by molar-refractivity contribution is -0.139. The van der Waals surface area contributed by atoms with E-state index in [1.165, 1.54) is 0 Å². The molecule has 1 saturated carbocycles. The molecular weight excluding hydrogens is 194 g/mol. The second kappa shape index (κ2) is 3.10. The van der Waals surface area contributed by atoms with Crippen LogP contribution in [0.1, 0.15) is 29.9 Å². The number of rotatable bonds is 3. The topological polar surface area (TPSA) is 76.5 Å². The first-order valence-electron chi connectivity index (χ1n) is 5.03. The Bertz CT molecular complexity index is 404. The Hall–Kier alpha value is -1.29. The van der Waals surface area contributed by atoms with Crippen molar-refractivity contribution >= 4 is 5.97 Å². The van der Waals surface area contributed by atoms with Crippen molar-refractivity contribution < 1.29 is 14.3 Å². The number of aryl methyl sites for hydroxylation is 2. The van der Waals surface area contributed by atoms with Crippen molar-refractivity contribution in [3.05, 3.63) is 23.2 Å². The van der Waals surface area contributed by atoms with Crippen LogP contribution in [0.25, 0.3) is 0 Å². The lowest BCUT2D eigenvalue weighted by Crippen LogP contribution is -2.42. The molecule has 1 heterocycles. The molecule has 4 nitrogen and oxygen atoms in total. The first kappa shape index (κ1) is 10.2.